The quantitative estimate of drug-likeness (QED) is 0.897. The van der Waals surface area contributed by atoms with Crippen molar-refractivity contribution < 1.29 is 13.6 Å². The van der Waals surface area contributed by atoms with Gasteiger partial charge in [-0.2, -0.15) is 0 Å². The van der Waals surface area contributed by atoms with Crippen molar-refractivity contribution in [3.05, 3.63) is 35.4 Å². The lowest BCUT2D eigenvalue weighted by Crippen LogP contribution is -2.33. The number of hydrogen-bond acceptors (Lipinski definition) is 2. The molecule has 3 nitrogen and oxygen atoms in total. The number of amides is 1. The fourth-order valence-corrected chi connectivity index (χ4v) is 1.26. The van der Waals surface area contributed by atoms with Gasteiger partial charge in [-0.25, -0.2) is 8.78 Å². The maximum atomic E-state index is 13.3. The predicted octanol–water partition coefficient (Wildman–Crippen LogP) is 1.68. The van der Waals surface area contributed by atoms with E-state index >= 15 is 0 Å². The summed E-state index contributed by atoms with van der Waals surface area (Å²) in [5, 5.41) is 2.87. The summed E-state index contributed by atoms with van der Waals surface area (Å²) >= 11 is 0. The lowest BCUT2D eigenvalue weighted by molar-refractivity contribution is 0.0791. The number of nitrogens with one attached hydrogen (secondary N) is 1. The van der Waals surface area contributed by atoms with Crippen molar-refractivity contribution in [1.29, 1.82) is 0 Å². The summed E-state index contributed by atoms with van der Waals surface area (Å²) in [6.07, 6.45) is 0. The molecule has 1 amide bonds. The van der Waals surface area contributed by atoms with Gasteiger partial charge >= 0.3 is 0 Å². The maximum Gasteiger partial charge on any atom is 0.256 e. The third-order valence-corrected chi connectivity index (χ3v) is 2.23. The third kappa shape index (κ3) is 3.94. The first-order valence-electron chi connectivity index (χ1n) is 4.92. The Labute approximate surface area is 105 Å². The highest BCUT2D eigenvalue weighted by Gasteiger charge is 2.17. The number of halogens is 3. The van der Waals surface area contributed by atoms with E-state index in [1.165, 1.54) is 17.0 Å². The van der Waals surface area contributed by atoms with Gasteiger partial charge in [-0.1, -0.05) is 6.07 Å². The molecule has 1 aromatic rings. The molecular weight excluding hydrogens is 250 g/mol. The van der Waals surface area contributed by atoms with Crippen molar-refractivity contribution in [2.45, 2.75) is 0 Å². The molecule has 0 fully saturated rings. The number of hydrogen-bond donors (Lipinski definition) is 1. The zero-order valence-corrected chi connectivity index (χ0v) is 10.5. The van der Waals surface area contributed by atoms with Crippen LogP contribution in [0.4, 0.5) is 8.78 Å². The van der Waals surface area contributed by atoms with Crippen molar-refractivity contribution in [2.75, 3.05) is 27.2 Å². The highest BCUT2D eigenvalue weighted by atomic mass is 35.5. The molecule has 96 valence electrons. The summed E-state index contributed by atoms with van der Waals surface area (Å²) in [7, 11) is 3.30. The van der Waals surface area contributed by atoms with Crippen LogP contribution < -0.4 is 5.32 Å². The highest BCUT2D eigenvalue weighted by Crippen LogP contribution is 2.12. The van der Waals surface area contributed by atoms with E-state index in [0.29, 0.717) is 13.1 Å². The zero-order chi connectivity index (χ0) is 12.1. The number of nitrogens with zero attached hydrogens (tertiary/aromatic N) is 1. The van der Waals surface area contributed by atoms with Gasteiger partial charge < -0.3 is 10.2 Å². The largest absolute Gasteiger partial charge is 0.340 e. The second-order valence-corrected chi connectivity index (χ2v) is 3.43. The second kappa shape index (κ2) is 7.19. The van der Waals surface area contributed by atoms with E-state index in [2.05, 4.69) is 5.32 Å². The zero-order valence-electron chi connectivity index (χ0n) is 9.67. The van der Waals surface area contributed by atoms with Crippen molar-refractivity contribution in [3.63, 3.8) is 0 Å². The third-order valence-electron chi connectivity index (χ3n) is 2.23. The van der Waals surface area contributed by atoms with Crippen LogP contribution >= 0.6 is 12.4 Å². The molecular formula is C11H15ClF2N2O. The van der Waals surface area contributed by atoms with Gasteiger partial charge in [0.25, 0.3) is 5.91 Å². The minimum absolute atomic E-state index is 0. The Bertz CT molecular complexity index is 388. The lowest BCUT2D eigenvalue weighted by atomic mass is 10.2. The van der Waals surface area contributed by atoms with E-state index in [-0.39, 0.29) is 18.0 Å². The number of carbonyl (C=O) groups is 1. The lowest BCUT2D eigenvalue weighted by Gasteiger charge is -2.17. The summed E-state index contributed by atoms with van der Waals surface area (Å²) in [5.74, 6) is -2.62. The molecule has 1 N–H and O–H groups in total. The fraction of sp³-hybridized carbons (Fsp3) is 0.364. The van der Waals surface area contributed by atoms with E-state index in [0.717, 1.165) is 6.07 Å². The van der Waals surface area contributed by atoms with E-state index in [1.807, 2.05) is 0 Å². The number of likely N-dealkylation sites (N-methyl/N-ethyl adjacent to an activating group) is 2. The Balaban J connectivity index is 0.00000256. The van der Waals surface area contributed by atoms with Crippen LogP contribution in [0.25, 0.3) is 0 Å². The van der Waals surface area contributed by atoms with Gasteiger partial charge in [0.15, 0.2) is 11.6 Å². The molecule has 0 saturated carbocycles. The minimum atomic E-state index is -1.09. The van der Waals surface area contributed by atoms with Crippen molar-refractivity contribution in [1.82, 2.24) is 10.2 Å². The first-order valence-corrected chi connectivity index (χ1v) is 4.92. The molecule has 0 heterocycles. The van der Waals surface area contributed by atoms with E-state index in [4.69, 9.17) is 0 Å². The van der Waals surface area contributed by atoms with E-state index in [9.17, 15) is 13.6 Å². The molecule has 1 rings (SSSR count). The number of benzene rings is 1. The Morgan fingerprint density at radius 1 is 1.41 bits per heavy atom. The maximum absolute atomic E-state index is 13.3. The average Bonchev–Trinajstić information content (AvgIpc) is 2.28. The van der Waals surface area contributed by atoms with E-state index < -0.39 is 17.5 Å². The Morgan fingerprint density at radius 3 is 2.65 bits per heavy atom. The topological polar surface area (TPSA) is 32.3 Å². The monoisotopic (exact) mass is 264 g/mol. The van der Waals surface area contributed by atoms with Crippen molar-refractivity contribution in [2.24, 2.45) is 0 Å². The summed E-state index contributed by atoms with van der Waals surface area (Å²) in [4.78, 5) is 13.1. The summed E-state index contributed by atoms with van der Waals surface area (Å²) in [6, 6.07) is 3.58. The van der Waals surface area contributed by atoms with Gasteiger partial charge in [-0.15, -0.1) is 12.4 Å². The van der Waals surface area contributed by atoms with Crippen LogP contribution in [-0.2, 0) is 0 Å². The Hall–Kier alpha value is -1.20. The van der Waals surface area contributed by atoms with Gasteiger partial charge in [-0.05, 0) is 19.2 Å². The minimum Gasteiger partial charge on any atom is -0.340 e. The molecule has 0 spiro atoms. The SMILES string of the molecule is CNCCN(C)C(=O)c1cccc(F)c1F.Cl. The molecule has 0 unspecified atom stereocenters. The molecule has 1 aromatic carbocycles. The summed E-state index contributed by atoms with van der Waals surface area (Å²) in [6.45, 7) is 1.03. The normalized spacial score (nSPS) is 9.65. The number of carbonyl (C=O) groups excluding carboxylic acids is 1. The predicted molar refractivity (Wildman–Crippen MR) is 64.5 cm³/mol. The van der Waals surface area contributed by atoms with Crippen LogP contribution in [0.2, 0.25) is 0 Å². The molecule has 0 aliphatic carbocycles. The van der Waals surface area contributed by atoms with Crippen LogP contribution in [0.5, 0.6) is 0 Å². The summed E-state index contributed by atoms with van der Waals surface area (Å²) in [5.41, 5.74) is -0.237. The second-order valence-electron chi connectivity index (χ2n) is 3.43. The molecule has 0 aliphatic heterocycles. The van der Waals surface area contributed by atoms with Crippen LogP contribution in [-0.4, -0.2) is 38.0 Å². The highest BCUT2D eigenvalue weighted by molar-refractivity contribution is 5.94. The fourth-order valence-electron chi connectivity index (χ4n) is 1.26. The summed E-state index contributed by atoms with van der Waals surface area (Å²) < 4.78 is 26.2. The Morgan fingerprint density at radius 2 is 2.06 bits per heavy atom. The molecule has 0 aliphatic rings. The smallest absolute Gasteiger partial charge is 0.256 e. The molecule has 0 aromatic heterocycles. The van der Waals surface area contributed by atoms with Crippen LogP contribution in [0.1, 0.15) is 10.4 Å². The standard InChI is InChI=1S/C11H14F2N2O.ClH/c1-14-6-7-15(2)11(16)8-4-3-5-9(12)10(8)13;/h3-5,14H,6-7H2,1-2H3;1H. The van der Waals surface area contributed by atoms with E-state index in [1.54, 1.807) is 14.1 Å². The van der Waals surface area contributed by atoms with Crippen LogP contribution in [0.3, 0.4) is 0 Å². The van der Waals surface area contributed by atoms with Crippen LogP contribution in [0.15, 0.2) is 18.2 Å². The van der Waals surface area contributed by atoms with Crippen molar-refractivity contribution >= 4 is 18.3 Å². The van der Waals surface area contributed by atoms with Gasteiger partial charge in [-0.3, -0.25) is 4.79 Å². The average molecular weight is 265 g/mol. The molecule has 0 bridgehead atoms. The molecule has 6 heteroatoms. The molecule has 0 radical (unpaired) electrons. The first-order chi connectivity index (χ1) is 7.57. The van der Waals surface area contributed by atoms with Gasteiger partial charge in [0, 0.05) is 20.1 Å². The molecule has 0 saturated heterocycles. The van der Waals surface area contributed by atoms with Crippen LogP contribution in [0, 0.1) is 11.6 Å². The molecule has 17 heavy (non-hydrogen) atoms. The Kier molecular flexibility index (Phi) is 6.68. The van der Waals surface area contributed by atoms with Gasteiger partial charge in [0.2, 0.25) is 0 Å². The van der Waals surface area contributed by atoms with Crippen molar-refractivity contribution in [3.8, 4) is 0 Å². The van der Waals surface area contributed by atoms with Gasteiger partial charge in [0.1, 0.15) is 0 Å². The number of rotatable bonds is 4. The van der Waals surface area contributed by atoms with Gasteiger partial charge in [0.05, 0.1) is 5.56 Å². The molecule has 0 atom stereocenters. The first kappa shape index (κ1) is 15.8.